The molecule has 1 atom stereocenters. The van der Waals surface area contributed by atoms with E-state index in [9.17, 15) is 9.59 Å². The standard InChI is InChI=1S/C18H31N5O2/c1-5-6-9-16-17(24)22(4)11-12-23(16)18(25)19-10-7-8-15-13(2)20-21-14(15)3/h16H,5-12H2,1-4H3,(H,19,25)(H,20,21). The van der Waals surface area contributed by atoms with Gasteiger partial charge in [0.05, 0.1) is 5.69 Å². The molecule has 0 spiro atoms. The molecule has 2 N–H and O–H groups in total. The lowest BCUT2D eigenvalue weighted by Crippen LogP contribution is -2.59. The number of nitrogens with zero attached hydrogens (tertiary/aromatic N) is 3. The van der Waals surface area contributed by atoms with Gasteiger partial charge in [-0.3, -0.25) is 9.89 Å². The second-order valence-electron chi connectivity index (χ2n) is 6.86. The largest absolute Gasteiger partial charge is 0.342 e. The number of aromatic nitrogens is 2. The monoisotopic (exact) mass is 349 g/mol. The second-order valence-corrected chi connectivity index (χ2v) is 6.86. The first-order valence-corrected chi connectivity index (χ1v) is 9.25. The van der Waals surface area contributed by atoms with Gasteiger partial charge in [-0.2, -0.15) is 5.10 Å². The molecule has 0 radical (unpaired) electrons. The molecule has 0 saturated carbocycles. The molecule has 1 aromatic heterocycles. The molecule has 7 heteroatoms. The molecule has 2 heterocycles. The second kappa shape index (κ2) is 8.87. The maximum absolute atomic E-state index is 12.5. The first-order valence-electron chi connectivity index (χ1n) is 9.25. The number of aromatic amines is 1. The quantitative estimate of drug-likeness (QED) is 0.739. The Balaban J connectivity index is 1.84. The van der Waals surface area contributed by atoms with E-state index >= 15 is 0 Å². The van der Waals surface area contributed by atoms with Crippen molar-refractivity contribution in [3.8, 4) is 0 Å². The zero-order valence-corrected chi connectivity index (χ0v) is 15.9. The minimum Gasteiger partial charge on any atom is -0.342 e. The summed E-state index contributed by atoms with van der Waals surface area (Å²) in [5.41, 5.74) is 3.34. The predicted octanol–water partition coefficient (Wildman–Crippen LogP) is 2.00. The van der Waals surface area contributed by atoms with Crippen molar-refractivity contribution in [2.24, 2.45) is 0 Å². The van der Waals surface area contributed by atoms with Gasteiger partial charge >= 0.3 is 6.03 Å². The number of carbonyl (C=O) groups excluding carboxylic acids is 2. The molecule has 1 unspecified atom stereocenters. The number of amides is 3. The molecule has 2 rings (SSSR count). The topological polar surface area (TPSA) is 81.3 Å². The lowest BCUT2D eigenvalue weighted by Gasteiger charge is -2.39. The first-order chi connectivity index (χ1) is 12.0. The third-order valence-corrected chi connectivity index (χ3v) is 4.97. The van der Waals surface area contributed by atoms with Gasteiger partial charge in [0, 0.05) is 32.4 Å². The summed E-state index contributed by atoms with van der Waals surface area (Å²) >= 11 is 0. The van der Waals surface area contributed by atoms with Crippen LogP contribution in [0, 0.1) is 13.8 Å². The fourth-order valence-electron chi connectivity index (χ4n) is 3.34. The third kappa shape index (κ3) is 4.74. The summed E-state index contributed by atoms with van der Waals surface area (Å²) in [5, 5.41) is 10.2. The van der Waals surface area contributed by atoms with E-state index in [1.54, 1.807) is 9.80 Å². The van der Waals surface area contributed by atoms with Gasteiger partial charge in [0.2, 0.25) is 5.91 Å². The predicted molar refractivity (Wildman–Crippen MR) is 97.4 cm³/mol. The van der Waals surface area contributed by atoms with Crippen LogP contribution in [-0.2, 0) is 11.2 Å². The van der Waals surface area contributed by atoms with Crippen molar-refractivity contribution in [3.05, 3.63) is 17.0 Å². The molecule has 1 saturated heterocycles. The van der Waals surface area contributed by atoms with Gasteiger partial charge in [-0.25, -0.2) is 4.79 Å². The van der Waals surface area contributed by atoms with E-state index in [0.29, 0.717) is 19.6 Å². The van der Waals surface area contributed by atoms with Crippen LogP contribution in [0.3, 0.4) is 0 Å². The van der Waals surface area contributed by atoms with Crippen molar-refractivity contribution in [1.82, 2.24) is 25.3 Å². The number of urea groups is 1. The van der Waals surface area contributed by atoms with Gasteiger partial charge in [0.15, 0.2) is 0 Å². The van der Waals surface area contributed by atoms with Crippen LogP contribution in [0.1, 0.15) is 49.6 Å². The van der Waals surface area contributed by atoms with Crippen molar-refractivity contribution in [2.45, 2.75) is 58.9 Å². The molecule has 1 fully saturated rings. The first kappa shape index (κ1) is 19.3. The van der Waals surface area contributed by atoms with Crippen LogP contribution in [0.2, 0.25) is 0 Å². The van der Waals surface area contributed by atoms with E-state index in [-0.39, 0.29) is 18.0 Å². The molecule has 0 aromatic carbocycles. The molecule has 7 nitrogen and oxygen atoms in total. The van der Waals surface area contributed by atoms with Crippen LogP contribution in [0.5, 0.6) is 0 Å². The average Bonchev–Trinajstić information content (AvgIpc) is 2.91. The van der Waals surface area contributed by atoms with E-state index < -0.39 is 0 Å². The van der Waals surface area contributed by atoms with Crippen LogP contribution in [-0.4, -0.2) is 64.7 Å². The van der Waals surface area contributed by atoms with Crippen LogP contribution >= 0.6 is 0 Å². The SMILES string of the molecule is CCCCC1C(=O)N(C)CCN1C(=O)NCCCc1c(C)n[nH]c1C. The molecule has 1 aliphatic heterocycles. The molecule has 3 amide bonds. The minimum atomic E-state index is -0.322. The normalized spacial score (nSPS) is 17.9. The number of unbranched alkanes of at least 4 members (excludes halogenated alkanes) is 1. The molecule has 25 heavy (non-hydrogen) atoms. The summed E-state index contributed by atoms with van der Waals surface area (Å²) in [6, 6.07) is -0.444. The fraction of sp³-hybridized carbons (Fsp3) is 0.722. The molecule has 140 valence electrons. The summed E-state index contributed by atoms with van der Waals surface area (Å²) in [6.45, 7) is 7.91. The van der Waals surface area contributed by atoms with E-state index in [0.717, 1.165) is 43.5 Å². The van der Waals surface area contributed by atoms with Crippen molar-refractivity contribution < 1.29 is 9.59 Å². The van der Waals surface area contributed by atoms with Crippen molar-refractivity contribution in [2.75, 3.05) is 26.7 Å². The zero-order valence-electron chi connectivity index (χ0n) is 15.9. The Kier molecular flexibility index (Phi) is 6.84. The fourth-order valence-corrected chi connectivity index (χ4v) is 3.34. The Morgan fingerprint density at radius 1 is 1.32 bits per heavy atom. The van der Waals surface area contributed by atoms with Gasteiger partial charge in [-0.1, -0.05) is 19.8 Å². The highest BCUT2D eigenvalue weighted by molar-refractivity contribution is 5.88. The number of rotatable bonds is 7. The zero-order chi connectivity index (χ0) is 18.4. The van der Waals surface area contributed by atoms with E-state index in [4.69, 9.17) is 0 Å². The summed E-state index contributed by atoms with van der Waals surface area (Å²) in [5.74, 6) is 0.0551. The molecule has 0 aliphatic carbocycles. The number of carbonyl (C=O) groups is 2. The molecule has 1 aromatic rings. The van der Waals surface area contributed by atoms with Gasteiger partial charge in [0.25, 0.3) is 0 Å². The molecular weight excluding hydrogens is 318 g/mol. The summed E-state index contributed by atoms with van der Waals surface area (Å²) in [6.07, 6.45) is 4.45. The summed E-state index contributed by atoms with van der Waals surface area (Å²) in [4.78, 5) is 28.4. The Hall–Kier alpha value is -2.05. The van der Waals surface area contributed by atoms with Crippen molar-refractivity contribution >= 4 is 11.9 Å². The third-order valence-electron chi connectivity index (χ3n) is 4.97. The number of hydrogen-bond donors (Lipinski definition) is 2. The smallest absolute Gasteiger partial charge is 0.318 e. The summed E-state index contributed by atoms with van der Waals surface area (Å²) in [7, 11) is 1.81. The lowest BCUT2D eigenvalue weighted by molar-refractivity contribution is -0.138. The van der Waals surface area contributed by atoms with Crippen LogP contribution < -0.4 is 5.32 Å². The maximum atomic E-state index is 12.5. The van der Waals surface area contributed by atoms with Gasteiger partial charge in [0.1, 0.15) is 6.04 Å². The van der Waals surface area contributed by atoms with Crippen LogP contribution in [0.15, 0.2) is 0 Å². The van der Waals surface area contributed by atoms with Crippen molar-refractivity contribution in [1.29, 1.82) is 0 Å². The number of aryl methyl sites for hydroxylation is 2. The lowest BCUT2D eigenvalue weighted by atomic mass is 10.0. The summed E-state index contributed by atoms with van der Waals surface area (Å²) < 4.78 is 0. The number of H-pyrrole nitrogens is 1. The Labute approximate surface area is 150 Å². The Morgan fingerprint density at radius 2 is 2.08 bits per heavy atom. The van der Waals surface area contributed by atoms with Crippen LogP contribution in [0.4, 0.5) is 4.79 Å². The Morgan fingerprint density at radius 3 is 2.72 bits per heavy atom. The minimum absolute atomic E-state index is 0.0551. The number of likely N-dealkylation sites (N-methyl/N-ethyl adjacent to an activating group) is 1. The molecule has 0 bridgehead atoms. The van der Waals surface area contributed by atoms with Crippen molar-refractivity contribution in [3.63, 3.8) is 0 Å². The Bertz CT molecular complexity index is 579. The van der Waals surface area contributed by atoms with Crippen LogP contribution in [0.25, 0.3) is 0 Å². The molecule has 1 aliphatic rings. The van der Waals surface area contributed by atoms with Gasteiger partial charge in [-0.15, -0.1) is 0 Å². The number of nitrogens with one attached hydrogen (secondary N) is 2. The maximum Gasteiger partial charge on any atom is 0.318 e. The number of piperazine rings is 1. The number of hydrogen-bond acceptors (Lipinski definition) is 3. The van der Waals surface area contributed by atoms with E-state index in [1.165, 1.54) is 5.56 Å². The highest BCUT2D eigenvalue weighted by Gasteiger charge is 2.35. The van der Waals surface area contributed by atoms with E-state index in [2.05, 4.69) is 22.4 Å². The van der Waals surface area contributed by atoms with E-state index in [1.807, 2.05) is 20.9 Å². The average molecular weight is 349 g/mol. The molecular formula is C18H31N5O2. The van der Waals surface area contributed by atoms with Gasteiger partial charge < -0.3 is 15.1 Å². The highest BCUT2D eigenvalue weighted by Crippen LogP contribution is 2.16. The highest BCUT2D eigenvalue weighted by atomic mass is 16.2. The van der Waals surface area contributed by atoms with Gasteiger partial charge in [-0.05, 0) is 38.7 Å².